The van der Waals surface area contributed by atoms with Gasteiger partial charge in [0, 0.05) is 26.2 Å². The quantitative estimate of drug-likeness (QED) is 0.296. The molecule has 0 aliphatic rings. The Morgan fingerprint density at radius 1 is 0.462 bits per heavy atom. The third-order valence-corrected chi connectivity index (χ3v) is 7.91. The van der Waals surface area contributed by atoms with E-state index in [1.165, 1.54) is 34.9 Å². The molecule has 2 heteroatoms. The molecular formula is C24H17S2+. The Morgan fingerprint density at radius 2 is 1.04 bits per heavy atom. The molecule has 124 valence electrons. The van der Waals surface area contributed by atoms with E-state index in [1.54, 1.807) is 0 Å². The summed E-state index contributed by atoms with van der Waals surface area (Å²) in [5.74, 6) is 0. The first-order chi connectivity index (χ1) is 12.9. The average molecular weight is 370 g/mol. The van der Waals surface area contributed by atoms with Crippen LogP contribution in [0.4, 0.5) is 0 Å². The Labute approximate surface area is 160 Å². The second kappa shape index (κ2) is 6.64. The number of hydrogen-bond donors (Lipinski definition) is 0. The Kier molecular flexibility index (Phi) is 4.00. The maximum atomic E-state index is 2.40. The third kappa shape index (κ3) is 2.72. The molecule has 0 aliphatic carbocycles. The first kappa shape index (κ1) is 15.7. The van der Waals surface area contributed by atoms with Gasteiger partial charge in [0.05, 0.1) is 10.9 Å². The summed E-state index contributed by atoms with van der Waals surface area (Å²) in [7, 11) is -0.0931. The van der Waals surface area contributed by atoms with Crippen LogP contribution in [0.2, 0.25) is 0 Å². The van der Waals surface area contributed by atoms with Crippen molar-refractivity contribution in [3.63, 3.8) is 0 Å². The van der Waals surface area contributed by atoms with E-state index in [2.05, 4.69) is 103 Å². The van der Waals surface area contributed by atoms with E-state index in [1.807, 2.05) is 11.3 Å². The third-order valence-electron chi connectivity index (χ3n) is 4.54. The van der Waals surface area contributed by atoms with Gasteiger partial charge in [-0.05, 0) is 42.5 Å². The predicted molar refractivity (Wildman–Crippen MR) is 114 cm³/mol. The molecule has 0 fully saturated rings. The minimum atomic E-state index is -0.0931. The van der Waals surface area contributed by atoms with Crippen LogP contribution in [0, 0.1) is 0 Å². The van der Waals surface area contributed by atoms with Gasteiger partial charge in [-0.25, -0.2) is 0 Å². The van der Waals surface area contributed by atoms with Crippen LogP contribution in [-0.4, -0.2) is 0 Å². The van der Waals surface area contributed by atoms with E-state index in [-0.39, 0.29) is 10.9 Å². The van der Waals surface area contributed by atoms with Crippen LogP contribution in [0.25, 0.3) is 20.2 Å². The molecule has 1 aromatic heterocycles. The molecule has 0 saturated carbocycles. The van der Waals surface area contributed by atoms with E-state index in [4.69, 9.17) is 0 Å². The molecule has 5 aromatic rings. The van der Waals surface area contributed by atoms with Crippen molar-refractivity contribution in [1.82, 2.24) is 0 Å². The number of rotatable bonds is 3. The van der Waals surface area contributed by atoms with E-state index in [9.17, 15) is 0 Å². The van der Waals surface area contributed by atoms with Gasteiger partial charge < -0.3 is 0 Å². The maximum Gasteiger partial charge on any atom is 0.167 e. The Balaban J connectivity index is 1.75. The van der Waals surface area contributed by atoms with Gasteiger partial charge in [-0.1, -0.05) is 54.6 Å². The molecule has 0 unspecified atom stereocenters. The molecule has 4 aromatic carbocycles. The lowest BCUT2D eigenvalue weighted by molar-refractivity contribution is 1.33. The van der Waals surface area contributed by atoms with Crippen molar-refractivity contribution in [3.8, 4) is 0 Å². The van der Waals surface area contributed by atoms with Crippen LogP contribution < -0.4 is 0 Å². The summed E-state index contributed by atoms with van der Waals surface area (Å²) in [6.45, 7) is 0. The second-order valence-corrected chi connectivity index (χ2v) is 9.30. The average Bonchev–Trinajstić information content (AvgIpc) is 3.08. The van der Waals surface area contributed by atoms with Gasteiger partial charge in [-0.15, -0.1) is 11.3 Å². The first-order valence-electron chi connectivity index (χ1n) is 8.66. The minimum Gasteiger partial charge on any atom is -0.135 e. The molecule has 0 nitrogen and oxygen atoms in total. The largest absolute Gasteiger partial charge is 0.167 e. The van der Waals surface area contributed by atoms with Crippen LogP contribution in [0.15, 0.2) is 118 Å². The van der Waals surface area contributed by atoms with Crippen LogP contribution in [0.3, 0.4) is 0 Å². The first-order valence-corrected chi connectivity index (χ1v) is 10.7. The zero-order valence-electron chi connectivity index (χ0n) is 14.1. The summed E-state index contributed by atoms with van der Waals surface area (Å²) in [5, 5.41) is 2.73. The Morgan fingerprint density at radius 3 is 1.73 bits per heavy atom. The van der Waals surface area contributed by atoms with Crippen LogP contribution >= 0.6 is 11.3 Å². The highest BCUT2D eigenvalue weighted by molar-refractivity contribution is 7.97. The number of thiophene rings is 1. The van der Waals surface area contributed by atoms with Gasteiger partial charge in [0.1, 0.15) is 0 Å². The second-order valence-electron chi connectivity index (χ2n) is 6.19. The van der Waals surface area contributed by atoms with Crippen molar-refractivity contribution in [2.24, 2.45) is 0 Å². The van der Waals surface area contributed by atoms with Gasteiger partial charge in [0.15, 0.2) is 14.7 Å². The van der Waals surface area contributed by atoms with Gasteiger partial charge in [0.2, 0.25) is 0 Å². The fourth-order valence-corrected chi connectivity index (χ4v) is 6.55. The van der Waals surface area contributed by atoms with Gasteiger partial charge in [0.25, 0.3) is 0 Å². The molecule has 0 atom stereocenters. The number of hydrogen-bond acceptors (Lipinski definition) is 1. The van der Waals surface area contributed by atoms with Gasteiger partial charge in [-0.2, -0.15) is 0 Å². The summed E-state index contributed by atoms with van der Waals surface area (Å²) < 4.78 is 2.72. The monoisotopic (exact) mass is 369 g/mol. The molecule has 0 bridgehead atoms. The number of fused-ring (bicyclic) bond motifs is 3. The normalized spacial score (nSPS) is 11.4. The molecule has 5 rings (SSSR count). The fraction of sp³-hybridized carbons (Fsp3) is 0. The highest BCUT2D eigenvalue weighted by Gasteiger charge is 2.28. The van der Waals surface area contributed by atoms with Crippen LogP contribution in [-0.2, 0) is 10.9 Å². The van der Waals surface area contributed by atoms with Crippen LogP contribution in [0.1, 0.15) is 0 Å². The van der Waals surface area contributed by atoms with Crippen molar-refractivity contribution in [1.29, 1.82) is 0 Å². The maximum absolute atomic E-state index is 2.40. The molecule has 0 spiro atoms. The Bertz CT molecular complexity index is 1130. The molecule has 0 aliphatic heterocycles. The lowest BCUT2D eigenvalue weighted by atomic mass is 10.1. The summed E-state index contributed by atoms with van der Waals surface area (Å²) in [6.07, 6.45) is 0. The van der Waals surface area contributed by atoms with E-state index >= 15 is 0 Å². The standard InChI is InChI=1S/C24H17S2/c1-3-9-18(10-4-1)26(19-11-5-2-6-12-19)20-15-16-24-22(17-20)21-13-7-8-14-23(21)25-24/h1-17H/q+1. The molecule has 26 heavy (non-hydrogen) atoms. The fourth-order valence-electron chi connectivity index (χ4n) is 3.35. The van der Waals surface area contributed by atoms with Crippen molar-refractivity contribution in [2.45, 2.75) is 14.7 Å². The van der Waals surface area contributed by atoms with Gasteiger partial charge >= 0.3 is 0 Å². The molecule has 0 radical (unpaired) electrons. The molecule has 1 heterocycles. The molecule has 0 N–H and O–H groups in total. The van der Waals surface area contributed by atoms with Crippen molar-refractivity contribution in [2.75, 3.05) is 0 Å². The molecular weight excluding hydrogens is 352 g/mol. The lowest BCUT2D eigenvalue weighted by Crippen LogP contribution is -2.04. The van der Waals surface area contributed by atoms with Crippen LogP contribution in [0.5, 0.6) is 0 Å². The topological polar surface area (TPSA) is 0 Å². The summed E-state index contributed by atoms with van der Waals surface area (Å²) >= 11 is 1.88. The van der Waals surface area contributed by atoms with Crippen molar-refractivity contribution < 1.29 is 0 Å². The summed E-state index contributed by atoms with van der Waals surface area (Å²) in [6, 6.07) is 37.4. The predicted octanol–water partition coefficient (Wildman–Crippen LogP) is 7.15. The summed E-state index contributed by atoms with van der Waals surface area (Å²) in [4.78, 5) is 4.09. The highest BCUT2D eigenvalue weighted by atomic mass is 32.2. The molecule has 0 amide bonds. The smallest absolute Gasteiger partial charge is 0.135 e. The van der Waals surface area contributed by atoms with Gasteiger partial charge in [-0.3, -0.25) is 0 Å². The van der Waals surface area contributed by atoms with E-state index < -0.39 is 0 Å². The molecule has 0 saturated heterocycles. The SMILES string of the molecule is c1ccc([S+](c2ccccc2)c2ccc3sc4ccccc4c3c2)cc1. The van der Waals surface area contributed by atoms with Crippen molar-refractivity contribution in [3.05, 3.63) is 103 Å². The minimum absolute atomic E-state index is 0.0931. The zero-order valence-corrected chi connectivity index (χ0v) is 15.8. The Hall–Kier alpha value is -2.55. The lowest BCUT2D eigenvalue weighted by Gasteiger charge is -2.08. The van der Waals surface area contributed by atoms with E-state index in [0.29, 0.717) is 0 Å². The number of benzene rings is 4. The van der Waals surface area contributed by atoms with Crippen molar-refractivity contribution >= 4 is 42.4 Å². The summed E-state index contributed by atoms with van der Waals surface area (Å²) in [5.41, 5.74) is 0. The highest BCUT2D eigenvalue weighted by Crippen LogP contribution is 2.38. The van der Waals surface area contributed by atoms with E-state index in [0.717, 1.165) is 0 Å². The zero-order chi connectivity index (χ0) is 17.3.